The van der Waals surface area contributed by atoms with Gasteiger partial charge in [0, 0.05) is 31.5 Å². The molecule has 0 unspecified atom stereocenters. The molecule has 0 saturated carbocycles. The van der Waals surface area contributed by atoms with Gasteiger partial charge in [-0.3, -0.25) is 4.79 Å². The number of hydrogen-bond acceptors (Lipinski definition) is 8. The maximum atomic E-state index is 13.5. The first kappa shape index (κ1) is 25.3. The van der Waals surface area contributed by atoms with E-state index in [1.54, 1.807) is 0 Å². The van der Waals surface area contributed by atoms with E-state index in [1.165, 1.54) is 32.4 Å². The predicted molar refractivity (Wildman–Crippen MR) is 132 cm³/mol. The molecule has 9 heteroatoms. The SMILES string of the molecule is O=C(C1=C[C@H](c2ccc3c(c2)OCO3)C[C@H](OCCOCCO)O1)N1CCC(N2CCCCC2)CC1. The summed E-state index contributed by atoms with van der Waals surface area (Å²) in [6.45, 7) is 5.00. The Morgan fingerprint density at radius 2 is 1.81 bits per heavy atom. The Kier molecular flexibility index (Phi) is 8.63. The number of piperidine rings is 2. The van der Waals surface area contributed by atoms with Gasteiger partial charge in [-0.25, -0.2) is 0 Å². The third-order valence-electron chi connectivity index (χ3n) is 7.52. The quantitative estimate of drug-likeness (QED) is 0.516. The van der Waals surface area contributed by atoms with Crippen molar-refractivity contribution in [3.63, 3.8) is 0 Å². The lowest BCUT2D eigenvalue weighted by atomic mass is 9.92. The van der Waals surface area contributed by atoms with Crippen LogP contribution in [-0.4, -0.2) is 92.5 Å². The van der Waals surface area contributed by atoms with E-state index in [1.807, 2.05) is 29.2 Å². The van der Waals surface area contributed by atoms with Crippen LogP contribution in [0.15, 0.2) is 30.0 Å². The van der Waals surface area contributed by atoms with Crippen LogP contribution in [0.5, 0.6) is 11.5 Å². The van der Waals surface area contributed by atoms with Crippen molar-refractivity contribution < 1.29 is 33.6 Å². The number of ether oxygens (including phenoxy) is 5. The number of allylic oxidation sites excluding steroid dienone is 1. The van der Waals surface area contributed by atoms with E-state index in [0.717, 1.165) is 43.0 Å². The van der Waals surface area contributed by atoms with Gasteiger partial charge in [-0.2, -0.15) is 0 Å². The molecule has 4 aliphatic rings. The standard InChI is InChI=1S/C27H38N2O7/c30-12-13-32-14-15-33-26-18-21(20-4-5-23-24(16-20)35-19-34-23)17-25(36-26)27(31)29-10-6-22(7-11-29)28-8-2-1-3-9-28/h4-5,16-17,21-22,26,30H,1-3,6-15,18-19H2/t21-,26+/m0/s1. The van der Waals surface area contributed by atoms with E-state index in [2.05, 4.69) is 4.90 Å². The lowest BCUT2D eigenvalue weighted by Gasteiger charge is -2.40. The number of benzene rings is 1. The zero-order chi connectivity index (χ0) is 24.7. The third kappa shape index (κ3) is 6.14. The van der Waals surface area contributed by atoms with Crippen LogP contribution < -0.4 is 9.47 Å². The second-order valence-electron chi connectivity index (χ2n) is 9.86. The van der Waals surface area contributed by atoms with E-state index < -0.39 is 6.29 Å². The fourth-order valence-electron chi connectivity index (χ4n) is 5.57. The molecule has 4 aliphatic heterocycles. The third-order valence-corrected chi connectivity index (χ3v) is 7.52. The van der Waals surface area contributed by atoms with Gasteiger partial charge in [0.05, 0.1) is 26.4 Å². The molecular formula is C27H38N2O7. The minimum atomic E-state index is -0.562. The summed E-state index contributed by atoms with van der Waals surface area (Å²) in [4.78, 5) is 18.1. The lowest BCUT2D eigenvalue weighted by Crippen LogP contribution is -2.49. The van der Waals surface area contributed by atoms with Crippen LogP contribution in [0.25, 0.3) is 0 Å². The smallest absolute Gasteiger partial charge is 0.288 e. The summed E-state index contributed by atoms with van der Waals surface area (Å²) in [6, 6.07) is 6.47. The Morgan fingerprint density at radius 3 is 2.61 bits per heavy atom. The molecule has 2 fully saturated rings. The molecule has 2 atom stereocenters. The molecule has 2 saturated heterocycles. The summed E-state index contributed by atoms with van der Waals surface area (Å²) in [5.41, 5.74) is 1.03. The normalized spacial score (nSPS) is 24.9. The van der Waals surface area contributed by atoms with Crippen LogP contribution >= 0.6 is 0 Å². The van der Waals surface area contributed by atoms with E-state index in [9.17, 15) is 4.79 Å². The molecule has 0 bridgehead atoms. The number of carbonyl (C=O) groups is 1. The number of aliphatic hydroxyl groups excluding tert-OH is 1. The molecule has 9 nitrogen and oxygen atoms in total. The highest BCUT2D eigenvalue weighted by Crippen LogP contribution is 2.38. The van der Waals surface area contributed by atoms with Gasteiger partial charge in [0.25, 0.3) is 5.91 Å². The summed E-state index contributed by atoms with van der Waals surface area (Å²) >= 11 is 0. The highest BCUT2D eigenvalue weighted by Gasteiger charge is 2.34. The molecule has 0 spiro atoms. The van der Waals surface area contributed by atoms with Gasteiger partial charge >= 0.3 is 0 Å². The summed E-state index contributed by atoms with van der Waals surface area (Å²) < 4.78 is 28.3. The van der Waals surface area contributed by atoms with E-state index >= 15 is 0 Å². The fourth-order valence-corrected chi connectivity index (χ4v) is 5.57. The number of nitrogens with zero attached hydrogens (tertiary/aromatic N) is 2. The minimum Gasteiger partial charge on any atom is -0.459 e. The molecule has 198 valence electrons. The lowest BCUT2D eigenvalue weighted by molar-refractivity contribution is -0.157. The maximum Gasteiger partial charge on any atom is 0.288 e. The van der Waals surface area contributed by atoms with Gasteiger partial charge in [-0.05, 0) is 62.5 Å². The molecule has 1 amide bonds. The molecule has 0 aromatic heterocycles. The Morgan fingerprint density at radius 1 is 1.00 bits per heavy atom. The van der Waals surface area contributed by atoms with Crippen molar-refractivity contribution in [1.82, 2.24) is 9.80 Å². The highest BCUT2D eigenvalue weighted by molar-refractivity contribution is 5.92. The molecule has 36 heavy (non-hydrogen) atoms. The van der Waals surface area contributed by atoms with Gasteiger partial charge in [-0.15, -0.1) is 0 Å². The second-order valence-corrected chi connectivity index (χ2v) is 9.86. The van der Waals surface area contributed by atoms with Gasteiger partial charge in [0.15, 0.2) is 17.3 Å². The maximum absolute atomic E-state index is 13.5. The van der Waals surface area contributed by atoms with E-state index in [-0.39, 0.29) is 31.8 Å². The molecule has 0 radical (unpaired) electrons. The van der Waals surface area contributed by atoms with Gasteiger partial charge in [-0.1, -0.05) is 12.5 Å². The molecule has 0 aliphatic carbocycles. The van der Waals surface area contributed by atoms with E-state index in [0.29, 0.717) is 31.4 Å². The predicted octanol–water partition coefficient (Wildman–Crippen LogP) is 2.63. The number of fused-ring (bicyclic) bond motifs is 1. The van der Waals surface area contributed by atoms with Gasteiger partial charge in [0.2, 0.25) is 13.1 Å². The average molecular weight is 503 g/mol. The van der Waals surface area contributed by atoms with Crippen molar-refractivity contribution in [2.24, 2.45) is 0 Å². The summed E-state index contributed by atoms with van der Waals surface area (Å²) in [5.74, 6) is 1.68. The van der Waals surface area contributed by atoms with Crippen molar-refractivity contribution in [1.29, 1.82) is 0 Å². The van der Waals surface area contributed by atoms with Crippen molar-refractivity contribution >= 4 is 5.91 Å². The largest absolute Gasteiger partial charge is 0.459 e. The number of likely N-dealkylation sites (tertiary alicyclic amines) is 2. The number of rotatable bonds is 9. The molecule has 1 aromatic carbocycles. The van der Waals surface area contributed by atoms with Crippen LogP contribution in [0, 0.1) is 0 Å². The van der Waals surface area contributed by atoms with Crippen molar-refractivity contribution in [2.75, 3.05) is 59.4 Å². The topological polar surface area (TPSA) is 89.9 Å². The molecular weight excluding hydrogens is 464 g/mol. The summed E-state index contributed by atoms with van der Waals surface area (Å²) in [5, 5.41) is 8.89. The molecule has 4 heterocycles. The van der Waals surface area contributed by atoms with Gasteiger partial charge < -0.3 is 38.6 Å². The van der Waals surface area contributed by atoms with Crippen LogP contribution in [-0.2, 0) is 19.0 Å². The summed E-state index contributed by atoms with van der Waals surface area (Å²) in [7, 11) is 0. The average Bonchev–Trinajstić information content (AvgIpc) is 3.41. The Bertz CT molecular complexity index is 909. The Balaban J connectivity index is 1.25. The molecule has 5 rings (SSSR count). The monoisotopic (exact) mass is 502 g/mol. The van der Waals surface area contributed by atoms with Crippen molar-refractivity contribution in [3.8, 4) is 11.5 Å². The van der Waals surface area contributed by atoms with E-state index in [4.69, 9.17) is 28.8 Å². The zero-order valence-electron chi connectivity index (χ0n) is 20.9. The Labute approximate surface area is 212 Å². The van der Waals surface area contributed by atoms with Crippen molar-refractivity contribution in [3.05, 3.63) is 35.6 Å². The van der Waals surface area contributed by atoms with Gasteiger partial charge in [0.1, 0.15) is 0 Å². The first-order valence-corrected chi connectivity index (χ1v) is 13.3. The highest BCUT2D eigenvalue weighted by atomic mass is 16.7. The number of amides is 1. The number of hydrogen-bond donors (Lipinski definition) is 1. The van der Waals surface area contributed by atoms with Crippen molar-refractivity contribution in [2.45, 2.75) is 56.8 Å². The number of aliphatic hydroxyl groups is 1. The summed E-state index contributed by atoms with van der Waals surface area (Å²) in [6.07, 6.45) is 7.86. The first-order chi connectivity index (χ1) is 17.7. The van der Waals surface area contributed by atoms with Crippen LogP contribution in [0.2, 0.25) is 0 Å². The Hall–Kier alpha value is -2.33. The van der Waals surface area contributed by atoms with Crippen LogP contribution in [0.3, 0.4) is 0 Å². The molecule has 1 N–H and O–H groups in total. The fraction of sp³-hybridized carbons (Fsp3) is 0.667. The minimum absolute atomic E-state index is 0.0258. The second kappa shape index (κ2) is 12.3. The zero-order valence-corrected chi connectivity index (χ0v) is 20.9. The molecule has 1 aromatic rings. The number of carbonyl (C=O) groups excluding carboxylic acids is 1. The van der Waals surface area contributed by atoms with Crippen LogP contribution in [0.1, 0.15) is 50.0 Å². The first-order valence-electron chi connectivity index (χ1n) is 13.3. The van der Waals surface area contributed by atoms with Crippen LogP contribution in [0.4, 0.5) is 0 Å².